The molecule has 0 unspecified atom stereocenters. The zero-order valence-corrected chi connectivity index (χ0v) is 9.91. The van der Waals surface area contributed by atoms with Crippen LogP contribution in [0.25, 0.3) is 0 Å². The highest BCUT2D eigenvalue weighted by molar-refractivity contribution is 5.67. The SMILES string of the molecule is CO[C@H]1[C@@H](O)[C@@H](N)[C@H](C)O[C@@H]1COCC(=O)O. The fourth-order valence-corrected chi connectivity index (χ4v) is 1.85. The lowest BCUT2D eigenvalue weighted by atomic mass is 9.94. The number of ether oxygens (including phenoxy) is 3. The number of carboxylic acid groups (broad SMARTS) is 1. The first-order valence-corrected chi connectivity index (χ1v) is 5.38. The highest BCUT2D eigenvalue weighted by Crippen LogP contribution is 2.22. The third-order valence-corrected chi connectivity index (χ3v) is 2.81. The van der Waals surface area contributed by atoms with Gasteiger partial charge in [-0.3, -0.25) is 0 Å². The van der Waals surface area contributed by atoms with Gasteiger partial charge in [0.25, 0.3) is 0 Å². The van der Waals surface area contributed by atoms with E-state index in [1.807, 2.05) is 0 Å². The van der Waals surface area contributed by atoms with Crippen LogP contribution >= 0.6 is 0 Å². The summed E-state index contributed by atoms with van der Waals surface area (Å²) in [4.78, 5) is 10.3. The van der Waals surface area contributed by atoms with Crippen LogP contribution in [-0.4, -0.2) is 67.0 Å². The monoisotopic (exact) mass is 249 g/mol. The zero-order valence-electron chi connectivity index (χ0n) is 9.91. The molecule has 1 heterocycles. The summed E-state index contributed by atoms with van der Waals surface area (Å²) in [5, 5.41) is 18.3. The molecule has 4 N–H and O–H groups in total. The van der Waals surface area contributed by atoms with Gasteiger partial charge in [0, 0.05) is 7.11 Å². The average Bonchev–Trinajstić information content (AvgIpc) is 2.26. The van der Waals surface area contributed by atoms with Gasteiger partial charge < -0.3 is 30.2 Å². The molecule has 0 aromatic carbocycles. The summed E-state index contributed by atoms with van der Waals surface area (Å²) in [5.41, 5.74) is 5.74. The number of carboxylic acids is 1. The van der Waals surface area contributed by atoms with Gasteiger partial charge in [0.1, 0.15) is 24.9 Å². The molecule has 1 aliphatic rings. The minimum atomic E-state index is -1.06. The number of aliphatic carboxylic acids is 1. The molecule has 7 nitrogen and oxygen atoms in total. The molecule has 0 aromatic rings. The molecular weight excluding hydrogens is 230 g/mol. The lowest BCUT2D eigenvalue weighted by Gasteiger charge is -2.41. The lowest BCUT2D eigenvalue weighted by molar-refractivity contribution is -0.199. The molecular formula is C10H19NO6. The smallest absolute Gasteiger partial charge is 0.329 e. The van der Waals surface area contributed by atoms with Crippen LogP contribution in [0.4, 0.5) is 0 Å². The maximum atomic E-state index is 10.3. The van der Waals surface area contributed by atoms with E-state index in [4.69, 9.17) is 25.1 Å². The number of hydrogen-bond donors (Lipinski definition) is 3. The molecule has 0 bridgehead atoms. The summed E-state index contributed by atoms with van der Waals surface area (Å²) in [6.07, 6.45) is -2.34. The highest BCUT2D eigenvalue weighted by atomic mass is 16.6. The Morgan fingerprint density at radius 2 is 2.18 bits per heavy atom. The molecule has 1 rings (SSSR count). The van der Waals surface area contributed by atoms with E-state index in [1.54, 1.807) is 6.92 Å². The van der Waals surface area contributed by atoms with Crippen molar-refractivity contribution in [2.45, 2.75) is 37.4 Å². The molecule has 1 saturated heterocycles. The second-order valence-electron chi connectivity index (χ2n) is 4.06. The van der Waals surface area contributed by atoms with Crippen molar-refractivity contribution >= 4 is 5.97 Å². The van der Waals surface area contributed by atoms with Crippen molar-refractivity contribution in [3.8, 4) is 0 Å². The van der Waals surface area contributed by atoms with Crippen LogP contribution in [0.3, 0.4) is 0 Å². The number of methoxy groups -OCH3 is 1. The number of hydrogen-bond acceptors (Lipinski definition) is 6. The fraction of sp³-hybridized carbons (Fsp3) is 0.900. The third-order valence-electron chi connectivity index (χ3n) is 2.81. The van der Waals surface area contributed by atoms with Crippen LogP contribution in [0, 0.1) is 0 Å². The maximum Gasteiger partial charge on any atom is 0.329 e. The van der Waals surface area contributed by atoms with E-state index in [1.165, 1.54) is 7.11 Å². The molecule has 100 valence electrons. The van der Waals surface area contributed by atoms with Gasteiger partial charge in [0.15, 0.2) is 0 Å². The Kier molecular flexibility index (Phi) is 5.29. The van der Waals surface area contributed by atoms with Crippen molar-refractivity contribution in [2.24, 2.45) is 5.73 Å². The summed E-state index contributed by atoms with van der Waals surface area (Å²) < 4.78 is 15.6. The van der Waals surface area contributed by atoms with Gasteiger partial charge >= 0.3 is 5.97 Å². The van der Waals surface area contributed by atoms with Crippen molar-refractivity contribution in [1.82, 2.24) is 0 Å². The Labute approximate surface area is 99.4 Å². The number of nitrogens with two attached hydrogens (primary N) is 1. The molecule has 0 amide bonds. The van der Waals surface area contributed by atoms with E-state index in [0.717, 1.165) is 0 Å². The van der Waals surface area contributed by atoms with Gasteiger partial charge in [-0.25, -0.2) is 4.79 Å². The summed E-state index contributed by atoms with van der Waals surface area (Å²) >= 11 is 0. The van der Waals surface area contributed by atoms with Crippen LogP contribution in [0.15, 0.2) is 0 Å². The number of aliphatic hydroxyl groups is 1. The Morgan fingerprint density at radius 3 is 2.71 bits per heavy atom. The van der Waals surface area contributed by atoms with E-state index in [0.29, 0.717) is 0 Å². The molecule has 7 heteroatoms. The summed E-state index contributed by atoms with van der Waals surface area (Å²) in [6.45, 7) is 1.37. The molecule has 5 atom stereocenters. The van der Waals surface area contributed by atoms with Crippen molar-refractivity contribution in [2.75, 3.05) is 20.3 Å². The Balaban J connectivity index is 2.53. The molecule has 0 saturated carbocycles. The first-order chi connectivity index (χ1) is 7.97. The van der Waals surface area contributed by atoms with Crippen molar-refractivity contribution in [3.05, 3.63) is 0 Å². The molecule has 0 spiro atoms. The van der Waals surface area contributed by atoms with E-state index >= 15 is 0 Å². The third kappa shape index (κ3) is 3.62. The van der Waals surface area contributed by atoms with Gasteiger partial charge in [0.2, 0.25) is 0 Å². The van der Waals surface area contributed by atoms with E-state index in [9.17, 15) is 9.90 Å². The molecule has 0 aliphatic carbocycles. The zero-order chi connectivity index (χ0) is 13.0. The van der Waals surface area contributed by atoms with Crippen LogP contribution in [0.5, 0.6) is 0 Å². The molecule has 0 radical (unpaired) electrons. The standard InChI is InChI=1S/C10H19NO6/c1-5-8(11)9(14)10(15-2)6(17-5)3-16-4-7(12)13/h5-6,8-10,14H,3-4,11H2,1-2H3,(H,12,13)/t5-,6+,8-,9-,10+/m0/s1. The quantitative estimate of drug-likeness (QED) is 0.548. The number of carbonyl (C=O) groups is 1. The van der Waals surface area contributed by atoms with Crippen molar-refractivity contribution < 1.29 is 29.2 Å². The number of rotatable bonds is 5. The molecule has 17 heavy (non-hydrogen) atoms. The minimum Gasteiger partial charge on any atom is -0.480 e. The Hall–Kier alpha value is -0.730. The van der Waals surface area contributed by atoms with Gasteiger partial charge in [-0.2, -0.15) is 0 Å². The topological polar surface area (TPSA) is 111 Å². The normalized spacial score (nSPS) is 38.0. The molecule has 0 aromatic heterocycles. The Morgan fingerprint density at radius 1 is 1.53 bits per heavy atom. The van der Waals surface area contributed by atoms with Gasteiger partial charge in [0.05, 0.1) is 18.8 Å². The summed E-state index contributed by atoms with van der Waals surface area (Å²) in [5.74, 6) is -1.06. The second kappa shape index (κ2) is 6.27. The minimum absolute atomic E-state index is 0.0406. The van der Waals surface area contributed by atoms with Crippen LogP contribution in [-0.2, 0) is 19.0 Å². The molecule has 1 fully saturated rings. The van der Waals surface area contributed by atoms with Crippen molar-refractivity contribution in [3.63, 3.8) is 0 Å². The fourth-order valence-electron chi connectivity index (χ4n) is 1.85. The Bertz CT molecular complexity index is 261. The van der Waals surface area contributed by atoms with E-state index in [2.05, 4.69) is 0 Å². The van der Waals surface area contributed by atoms with Crippen molar-refractivity contribution in [1.29, 1.82) is 0 Å². The number of aliphatic hydroxyl groups excluding tert-OH is 1. The van der Waals surface area contributed by atoms with Gasteiger partial charge in [-0.1, -0.05) is 0 Å². The second-order valence-corrected chi connectivity index (χ2v) is 4.06. The van der Waals surface area contributed by atoms with Crippen LogP contribution in [0.1, 0.15) is 6.92 Å². The van der Waals surface area contributed by atoms with Crippen LogP contribution in [0.2, 0.25) is 0 Å². The summed E-state index contributed by atoms with van der Waals surface area (Å²) in [6, 6.07) is -0.532. The lowest BCUT2D eigenvalue weighted by Crippen LogP contribution is -2.61. The van der Waals surface area contributed by atoms with Gasteiger partial charge in [-0.15, -0.1) is 0 Å². The van der Waals surface area contributed by atoms with E-state index < -0.39 is 36.9 Å². The highest BCUT2D eigenvalue weighted by Gasteiger charge is 2.42. The first-order valence-electron chi connectivity index (χ1n) is 5.38. The maximum absolute atomic E-state index is 10.3. The van der Waals surface area contributed by atoms with Gasteiger partial charge in [-0.05, 0) is 6.92 Å². The molecule has 1 aliphatic heterocycles. The first kappa shape index (κ1) is 14.3. The van der Waals surface area contributed by atoms with E-state index in [-0.39, 0.29) is 12.7 Å². The van der Waals surface area contributed by atoms with Crippen LogP contribution < -0.4 is 5.73 Å². The largest absolute Gasteiger partial charge is 0.480 e. The summed E-state index contributed by atoms with van der Waals surface area (Å²) in [7, 11) is 1.43. The predicted octanol–water partition coefficient (Wildman–Crippen LogP) is -1.42. The predicted molar refractivity (Wildman–Crippen MR) is 57.6 cm³/mol. The average molecular weight is 249 g/mol.